The second kappa shape index (κ2) is 5.01. The molecule has 1 saturated carbocycles. The Bertz CT molecular complexity index is 589. The van der Waals surface area contributed by atoms with Gasteiger partial charge in [-0.1, -0.05) is 17.7 Å². The summed E-state index contributed by atoms with van der Waals surface area (Å²) in [6, 6.07) is 5.36. The Morgan fingerprint density at radius 1 is 1.47 bits per heavy atom. The van der Waals surface area contributed by atoms with E-state index in [1.165, 1.54) is 12.8 Å². The normalized spacial score (nSPS) is 14.4. The van der Waals surface area contributed by atoms with Crippen molar-refractivity contribution in [3.8, 4) is 0 Å². The molecule has 1 fully saturated rings. The van der Waals surface area contributed by atoms with Gasteiger partial charge in [0, 0.05) is 18.2 Å². The number of halogens is 1. The van der Waals surface area contributed by atoms with Gasteiger partial charge in [0.1, 0.15) is 11.0 Å². The smallest absolute Gasteiger partial charge is 0.229 e. The minimum Gasteiger partial charge on any atom is -0.311 e. The average Bonchev–Trinajstić information content (AvgIpc) is 3.14. The first-order chi connectivity index (χ1) is 9.20. The van der Waals surface area contributed by atoms with Gasteiger partial charge in [0.2, 0.25) is 5.91 Å². The van der Waals surface area contributed by atoms with Crippen LogP contribution in [0.1, 0.15) is 30.0 Å². The van der Waals surface area contributed by atoms with Gasteiger partial charge in [0.05, 0.1) is 12.1 Å². The molecular weight excluding hydrogens is 264 g/mol. The number of H-pyrrole nitrogens is 1. The van der Waals surface area contributed by atoms with Gasteiger partial charge >= 0.3 is 0 Å². The highest BCUT2D eigenvalue weighted by Crippen LogP contribution is 2.39. The second-order valence-corrected chi connectivity index (χ2v) is 5.08. The van der Waals surface area contributed by atoms with Gasteiger partial charge in [-0.3, -0.25) is 9.89 Å². The van der Waals surface area contributed by atoms with Crippen molar-refractivity contribution in [2.75, 3.05) is 5.32 Å². The quantitative estimate of drug-likeness (QED) is 0.843. The zero-order chi connectivity index (χ0) is 13.2. The largest absolute Gasteiger partial charge is 0.311 e. The SMILES string of the molecule is O=C(Cc1ccc(Cl)nc1)Nc1cc(C2CC2)n[nH]1. The molecule has 1 aliphatic carbocycles. The lowest BCUT2D eigenvalue weighted by Gasteiger charge is -2.02. The Labute approximate surface area is 115 Å². The number of rotatable bonds is 4. The van der Waals surface area contributed by atoms with Gasteiger partial charge in [-0.05, 0) is 24.5 Å². The van der Waals surface area contributed by atoms with Crippen molar-refractivity contribution >= 4 is 23.3 Å². The Morgan fingerprint density at radius 3 is 3.00 bits per heavy atom. The maximum absolute atomic E-state index is 11.8. The standard InChI is InChI=1S/C13H13ClN4O/c14-11-4-1-8(7-15-11)5-13(19)16-12-6-10(17-18-12)9-2-3-9/h1,4,6-7,9H,2-3,5H2,(H2,16,17,18,19). The molecule has 6 heteroatoms. The summed E-state index contributed by atoms with van der Waals surface area (Å²) < 4.78 is 0. The number of amides is 1. The van der Waals surface area contributed by atoms with E-state index in [2.05, 4.69) is 20.5 Å². The van der Waals surface area contributed by atoms with Crippen LogP contribution < -0.4 is 5.32 Å². The summed E-state index contributed by atoms with van der Waals surface area (Å²) in [6.45, 7) is 0. The predicted octanol–water partition coefficient (Wildman–Crippen LogP) is 2.52. The van der Waals surface area contributed by atoms with Gasteiger partial charge in [-0.25, -0.2) is 4.98 Å². The molecular formula is C13H13ClN4O. The molecule has 0 unspecified atom stereocenters. The molecule has 98 valence electrons. The number of carbonyl (C=O) groups is 1. The van der Waals surface area contributed by atoms with E-state index < -0.39 is 0 Å². The van der Waals surface area contributed by atoms with Crippen molar-refractivity contribution in [1.82, 2.24) is 15.2 Å². The van der Waals surface area contributed by atoms with E-state index in [-0.39, 0.29) is 12.3 Å². The topological polar surface area (TPSA) is 70.7 Å². The molecule has 2 N–H and O–H groups in total. The zero-order valence-electron chi connectivity index (χ0n) is 10.2. The van der Waals surface area contributed by atoms with Gasteiger partial charge < -0.3 is 5.32 Å². The number of nitrogens with one attached hydrogen (secondary N) is 2. The first-order valence-electron chi connectivity index (χ1n) is 6.16. The molecule has 19 heavy (non-hydrogen) atoms. The number of nitrogens with zero attached hydrogens (tertiary/aromatic N) is 2. The summed E-state index contributed by atoms with van der Waals surface area (Å²) in [5.41, 5.74) is 1.85. The third kappa shape index (κ3) is 3.12. The number of aromatic nitrogens is 3. The molecule has 0 aliphatic heterocycles. The highest BCUT2D eigenvalue weighted by molar-refractivity contribution is 6.29. The van der Waals surface area contributed by atoms with E-state index >= 15 is 0 Å². The first-order valence-corrected chi connectivity index (χ1v) is 6.54. The van der Waals surface area contributed by atoms with E-state index in [0.29, 0.717) is 16.9 Å². The Balaban J connectivity index is 1.59. The number of carbonyl (C=O) groups excluding carboxylic acids is 1. The van der Waals surface area contributed by atoms with Crippen LogP contribution in [0.4, 0.5) is 5.82 Å². The highest BCUT2D eigenvalue weighted by atomic mass is 35.5. The molecule has 0 radical (unpaired) electrons. The molecule has 0 bridgehead atoms. The minimum absolute atomic E-state index is 0.102. The van der Waals surface area contributed by atoms with Crippen LogP contribution in [0.3, 0.4) is 0 Å². The number of aromatic amines is 1. The fraction of sp³-hybridized carbons (Fsp3) is 0.308. The summed E-state index contributed by atoms with van der Waals surface area (Å²) in [5, 5.41) is 10.2. The molecule has 1 aliphatic rings. The zero-order valence-corrected chi connectivity index (χ0v) is 10.9. The average molecular weight is 277 g/mol. The fourth-order valence-corrected chi connectivity index (χ4v) is 1.99. The second-order valence-electron chi connectivity index (χ2n) is 4.69. The van der Waals surface area contributed by atoms with Crippen LogP contribution in [-0.2, 0) is 11.2 Å². The molecule has 0 aromatic carbocycles. The first kappa shape index (κ1) is 12.2. The highest BCUT2D eigenvalue weighted by Gasteiger charge is 2.26. The van der Waals surface area contributed by atoms with Crippen LogP contribution in [0.15, 0.2) is 24.4 Å². The molecule has 5 nitrogen and oxygen atoms in total. The van der Waals surface area contributed by atoms with Crippen LogP contribution in [0.25, 0.3) is 0 Å². The monoisotopic (exact) mass is 276 g/mol. The Kier molecular flexibility index (Phi) is 3.21. The molecule has 1 amide bonds. The fourth-order valence-electron chi connectivity index (χ4n) is 1.88. The van der Waals surface area contributed by atoms with Crippen molar-refractivity contribution in [2.45, 2.75) is 25.2 Å². The van der Waals surface area contributed by atoms with E-state index in [1.54, 1.807) is 18.3 Å². The lowest BCUT2D eigenvalue weighted by Crippen LogP contribution is -2.14. The summed E-state index contributed by atoms with van der Waals surface area (Å²) >= 11 is 5.69. The van der Waals surface area contributed by atoms with Crippen LogP contribution in [0.5, 0.6) is 0 Å². The third-order valence-corrected chi connectivity index (χ3v) is 3.24. The van der Waals surface area contributed by atoms with Crippen molar-refractivity contribution in [3.63, 3.8) is 0 Å². The van der Waals surface area contributed by atoms with E-state index in [1.807, 2.05) is 6.07 Å². The molecule has 0 saturated heterocycles. The van der Waals surface area contributed by atoms with E-state index in [4.69, 9.17) is 11.6 Å². The molecule has 2 aromatic rings. The van der Waals surface area contributed by atoms with Crippen molar-refractivity contribution < 1.29 is 4.79 Å². The van der Waals surface area contributed by atoms with Gasteiger partial charge in [-0.15, -0.1) is 0 Å². The van der Waals surface area contributed by atoms with Crippen LogP contribution in [0.2, 0.25) is 5.15 Å². The molecule has 2 heterocycles. The maximum atomic E-state index is 11.8. The summed E-state index contributed by atoms with van der Waals surface area (Å²) in [4.78, 5) is 15.8. The third-order valence-electron chi connectivity index (χ3n) is 3.02. The van der Waals surface area contributed by atoms with Crippen LogP contribution >= 0.6 is 11.6 Å². The van der Waals surface area contributed by atoms with Gasteiger partial charge in [0.15, 0.2) is 0 Å². The lowest BCUT2D eigenvalue weighted by molar-refractivity contribution is -0.115. The predicted molar refractivity (Wildman–Crippen MR) is 72.1 cm³/mol. The maximum Gasteiger partial charge on any atom is 0.229 e. The summed E-state index contributed by atoms with van der Waals surface area (Å²) in [7, 11) is 0. The van der Waals surface area contributed by atoms with Crippen molar-refractivity contribution in [1.29, 1.82) is 0 Å². The summed E-state index contributed by atoms with van der Waals surface area (Å²) in [5.74, 6) is 1.12. The summed E-state index contributed by atoms with van der Waals surface area (Å²) in [6.07, 6.45) is 4.25. The number of hydrogen-bond donors (Lipinski definition) is 2. The van der Waals surface area contributed by atoms with E-state index in [9.17, 15) is 4.79 Å². The van der Waals surface area contributed by atoms with Crippen molar-refractivity contribution in [2.24, 2.45) is 0 Å². The lowest BCUT2D eigenvalue weighted by atomic mass is 10.2. The van der Waals surface area contributed by atoms with E-state index in [0.717, 1.165) is 11.3 Å². The van der Waals surface area contributed by atoms with Crippen molar-refractivity contribution in [3.05, 3.63) is 40.8 Å². The molecule has 0 atom stereocenters. The van der Waals surface area contributed by atoms with Gasteiger partial charge in [0.25, 0.3) is 0 Å². The Hall–Kier alpha value is -1.88. The Morgan fingerprint density at radius 2 is 2.32 bits per heavy atom. The minimum atomic E-state index is -0.102. The number of anilines is 1. The number of hydrogen-bond acceptors (Lipinski definition) is 3. The molecule has 2 aromatic heterocycles. The molecule has 0 spiro atoms. The van der Waals surface area contributed by atoms with Crippen LogP contribution in [0, 0.1) is 0 Å². The molecule has 3 rings (SSSR count). The number of pyridine rings is 1. The van der Waals surface area contributed by atoms with Crippen LogP contribution in [-0.4, -0.2) is 21.1 Å². The van der Waals surface area contributed by atoms with Gasteiger partial charge in [-0.2, -0.15) is 5.10 Å².